The number of benzene rings is 1. The van der Waals surface area contributed by atoms with Crippen LogP contribution in [-0.2, 0) is 20.8 Å². The van der Waals surface area contributed by atoms with Gasteiger partial charge in [-0.3, -0.25) is 4.79 Å². The van der Waals surface area contributed by atoms with E-state index in [1.54, 1.807) is 18.0 Å². The molecule has 0 aromatic heterocycles. The number of likely N-dealkylation sites (N-methyl/N-ethyl adjacent to an activating group) is 1. The standard InChI is InChI=1S/C13H14ClNO3/c1-15(8-10-3-2-4-11(14)7-10)13(16)12-9-17-5-6-18-12/h2-4,7,9H,5-6,8H2,1H3. The van der Waals surface area contributed by atoms with Crippen molar-refractivity contribution in [2.24, 2.45) is 0 Å². The molecule has 5 heteroatoms. The molecule has 1 amide bonds. The van der Waals surface area contributed by atoms with E-state index in [-0.39, 0.29) is 11.7 Å². The number of amides is 1. The monoisotopic (exact) mass is 267 g/mol. The SMILES string of the molecule is CN(Cc1cccc(Cl)c1)C(=O)C1=COCCO1. The first-order valence-corrected chi connectivity index (χ1v) is 5.99. The maximum atomic E-state index is 12.0. The van der Waals surface area contributed by atoms with E-state index in [4.69, 9.17) is 21.1 Å². The smallest absolute Gasteiger partial charge is 0.292 e. The lowest BCUT2D eigenvalue weighted by molar-refractivity contribution is -0.131. The van der Waals surface area contributed by atoms with E-state index >= 15 is 0 Å². The number of rotatable bonds is 3. The molecule has 0 saturated carbocycles. The van der Waals surface area contributed by atoms with Gasteiger partial charge in [0.15, 0.2) is 0 Å². The van der Waals surface area contributed by atoms with Gasteiger partial charge in [-0.15, -0.1) is 0 Å². The number of hydrogen-bond donors (Lipinski definition) is 0. The molecule has 0 spiro atoms. The van der Waals surface area contributed by atoms with Gasteiger partial charge >= 0.3 is 0 Å². The average molecular weight is 268 g/mol. The summed E-state index contributed by atoms with van der Waals surface area (Å²) in [6.45, 7) is 1.36. The molecule has 1 aliphatic heterocycles. The Morgan fingerprint density at radius 2 is 2.28 bits per heavy atom. The molecule has 1 aromatic rings. The van der Waals surface area contributed by atoms with E-state index in [1.807, 2.05) is 18.2 Å². The summed E-state index contributed by atoms with van der Waals surface area (Å²) < 4.78 is 10.3. The minimum absolute atomic E-state index is 0.199. The van der Waals surface area contributed by atoms with Gasteiger partial charge in [0, 0.05) is 18.6 Å². The Morgan fingerprint density at radius 1 is 1.44 bits per heavy atom. The molecule has 0 atom stereocenters. The molecule has 0 radical (unpaired) electrons. The Kier molecular flexibility index (Phi) is 4.10. The zero-order valence-electron chi connectivity index (χ0n) is 10.1. The molecule has 96 valence electrons. The molecule has 0 aliphatic carbocycles. The van der Waals surface area contributed by atoms with Crippen molar-refractivity contribution < 1.29 is 14.3 Å². The number of nitrogens with zero attached hydrogens (tertiary/aromatic N) is 1. The molecule has 1 heterocycles. The summed E-state index contributed by atoms with van der Waals surface area (Å²) in [5.41, 5.74) is 0.968. The van der Waals surface area contributed by atoms with Crippen LogP contribution in [0.4, 0.5) is 0 Å². The fourth-order valence-corrected chi connectivity index (χ4v) is 1.86. The second kappa shape index (κ2) is 5.78. The third kappa shape index (κ3) is 3.17. The van der Waals surface area contributed by atoms with Crippen LogP contribution in [0.2, 0.25) is 5.02 Å². The predicted molar refractivity (Wildman–Crippen MR) is 67.9 cm³/mol. The predicted octanol–water partition coefficient (Wildman–Crippen LogP) is 2.19. The van der Waals surface area contributed by atoms with Crippen LogP contribution in [0.3, 0.4) is 0 Å². The van der Waals surface area contributed by atoms with Crippen molar-refractivity contribution >= 4 is 17.5 Å². The zero-order valence-corrected chi connectivity index (χ0v) is 10.8. The quantitative estimate of drug-likeness (QED) is 0.843. The van der Waals surface area contributed by atoms with Crippen molar-refractivity contribution in [3.63, 3.8) is 0 Å². The number of carbonyl (C=O) groups is 1. The molecular formula is C13H14ClNO3. The number of hydrogen-bond acceptors (Lipinski definition) is 3. The molecule has 0 fully saturated rings. The summed E-state index contributed by atoms with van der Waals surface area (Å²) in [7, 11) is 1.71. The first-order chi connectivity index (χ1) is 8.66. The van der Waals surface area contributed by atoms with E-state index in [0.717, 1.165) is 5.56 Å². The third-order valence-corrected chi connectivity index (χ3v) is 2.75. The number of ether oxygens (including phenoxy) is 2. The highest BCUT2D eigenvalue weighted by molar-refractivity contribution is 6.30. The van der Waals surface area contributed by atoms with Crippen molar-refractivity contribution in [1.82, 2.24) is 4.90 Å². The zero-order chi connectivity index (χ0) is 13.0. The van der Waals surface area contributed by atoms with Gasteiger partial charge in [0.2, 0.25) is 5.76 Å². The van der Waals surface area contributed by atoms with Gasteiger partial charge in [-0.05, 0) is 17.7 Å². The van der Waals surface area contributed by atoms with E-state index in [0.29, 0.717) is 24.8 Å². The van der Waals surface area contributed by atoms with Gasteiger partial charge in [-0.25, -0.2) is 0 Å². The lowest BCUT2D eigenvalue weighted by Gasteiger charge is -2.21. The number of halogens is 1. The third-order valence-electron chi connectivity index (χ3n) is 2.52. The summed E-state index contributed by atoms with van der Waals surface area (Å²) in [6.07, 6.45) is 1.36. The van der Waals surface area contributed by atoms with Crippen molar-refractivity contribution in [3.05, 3.63) is 46.9 Å². The molecule has 0 saturated heterocycles. The van der Waals surface area contributed by atoms with Gasteiger partial charge in [0.1, 0.15) is 19.5 Å². The maximum absolute atomic E-state index is 12.0. The summed E-state index contributed by atoms with van der Waals surface area (Å²) in [5.74, 6) is 0.0421. The Bertz CT molecular complexity index is 473. The lowest BCUT2D eigenvalue weighted by atomic mass is 10.2. The summed E-state index contributed by atoms with van der Waals surface area (Å²) >= 11 is 5.90. The van der Waals surface area contributed by atoms with Crippen molar-refractivity contribution in [1.29, 1.82) is 0 Å². The lowest BCUT2D eigenvalue weighted by Crippen LogP contribution is -2.30. The van der Waals surface area contributed by atoms with E-state index in [2.05, 4.69) is 0 Å². The van der Waals surface area contributed by atoms with Gasteiger partial charge < -0.3 is 14.4 Å². The van der Waals surface area contributed by atoms with Crippen LogP contribution in [0.5, 0.6) is 0 Å². The summed E-state index contributed by atoms with van der Waals surface area (Å²) in [5, 5.41) is 0.657. The van der Waals surface area contributed by atoms with Crippen LogP contribution in [0.25, 0.3) is 0 Å². The molecule has 0 unspecified atom stereocenters. The Morgan fingerprint density at radius 3 is 2.94 bits per heavy atom. The summed E-state index contributed by atoms with van der Waals surface area (Å²) in [4.78, 5) is 13.6. The molecule has 1 aromatic carbocycles. The molecule has 0 bridgehead atoms. The van der Waals surface area contributed by atoms with Gasteiger partial charge in [-0.1, -0.05) is 23.7 Å². The van der Waals surface area contributed by atoms with Crippen LogP contribution >= 0.6 is 11.6 Å². The highest BCUT2D eigenvalue weighted by Crippen LogP contribution is 2.14. The van der Waals surface area contributed by atoms with Gasteiger partial charge in [0.25, 0.3) is 5.91 Å². The highest BCUT2D eigenvalue weighted by atomic mass is 35.5. The fraction of sp³-hybridized carbons (Fsp3) is 0.308. The molecule has 2 rings (SSSR count). The average Bonchev–Trinajstić information content (AvgIpc) is 2.39. The maximum Gasteiger partial charge on any atom is 0.292 e. The molecule has 1 aliphatic rings. The van der Waals surface area contributed by atoms with Crippen LogP contribution in [-0.4, -0.2) is 31.1 Å². The largest absolute Gasteiger partial charge is 0.494 e. The molecule has 18 heavy (non-hydrogen) atoms. The van der Waals surface area contributed by atoms with Crippen molar-refractivity contribution in [3.8, 4) is 0 Å². The van der Waals surface area contributed by atoms with Crippen LogP contribution < -0.4 is 0 Å². The minimum Gasteiger partial charge on any atom is -0.494 e. The number of carbonyl (C=O) groups excluding carboxylic acids is 1. The van der Waals surface area contributed by atoms with Crippen LogP contribution in [0.15, 0.2) is 36.3 Å². The van der Waals surface area contributed by atoms with Crippen molar-refractivity contribution in [2.45, 2.75) is 6.54 Å². The topological polar surface area (TPSA) is 38.8 Å². The summed E-state index contributed by atoms with van der Waals surface area (Å²) in [6, 6.07) is 7.41. The van der Waals surface area contributed by atoms with Crippen molar-refractivity contribution in [2.75, 3.05) is 20.3 Å². The van der Waals surface area contributed by atoms with E-state index in [1.165, 1.54) is 6.26 Å². The normalized spacial score (nSPS) is 14.2. The first kappa shape index (κ1) is 12.8. The minimum atomic E-state index is -0.199. The van der Waals surface area contributed by atoms with Crippen LogP contribution in [0, 0.1) is 0 Å². The highest BCUT2D eigenvalue weighted by Gasteiger charge is 2.19. The molecular weight excluding hydrogens is 254 g/mol. The van der Waals surface area contributed by atoms with Crippen LogP contribution in [0.1, 0.15) is 5.56 Å². The van der Waals surface area contributed by atoms with Gasteiger partial charge in [-0.2, -0.15) is 0 Å². The fourth-order valence-electron chi connectivity index (χ4n) is 1.65. The Labute approximate surface area is 111 Å². The first-order valence-electron chi connectivity index (χ1n) is 5.61. The van der Waals surface area contributed by atoms with E-state index in [9.17, 15) is 4.79 Å². The second-order valence-electron chi connectivity index (χ2n) is 3.99. The second-order valence-corrected chi connectivity index (χ2v) is 4.43. The van der Waals surface area contributed by atoms with Gasteiger partial charge in [0.05, 0.1) is 0 Å². The van der Waals surface area contributed by atoms with E-state index < -0.39 is 0 Å². The molecule has 4 nitrogen and oxygen atoms in total. The molecule has 0 N–H and O–H groups in total. The Hall–Kier alpha value is -1.68. The Balaban J connectivity index is 2.01.